The molecule has 0 radical (unpaired) electrons. The van der Waals surface area contributed by atoms with E-state index in [1.54, 1.807) is 28.5 Å². The van der Waals surface area contributed by atoms with Gasteiger partial charge in [0.15, 0.2) is 0 Å². The van der Waals surface area contributed by atoms with Crippen LogP contribution in [0.5, 0.6) is 0 Å². The summed E-state index contributed by atoms with van der Waals surface area (Å²) in [4.78, 5) is 26.7. The van der Waals surface area contributed by atoms with Crippen LogP contribution in [0.1, 0.15) is 47.6 Å². The first-order valence-corrected chi connectivity index (χ1v) is 10.4. The highest BCUT2D eigenvalue weighted by atomic mass is 32.1. The van der Waals surface area contributed by atoms with Crippen molar-refractivity contribution >= 4 is 28.2 Å². The average molecular weight is 402 g/mol. The number of rotatable bonds is 6. The van der Waals surface area contributed by atoms with Gasteiger partial charge in [-0.3, -0.25) is 10.1 Å². The van der Waals surface area contributed by atoms with Gasteiger partial charge in [-0.25, -0.2) is 9.18 Å². The van der Waals surface area contributed by atoms with Crippen molar-refractivity contribution < 1.29 is 18.7 Å². The first kappa shape index (κ1) is 19.1. The monoisotopic (exact) mass is 402 g/mol. The fourth-order valence-electron chi connectivity index (χ4n) is 3.98. The summed E-state index contributed by atoms with van der Waals surface area (Å²) in [6.45, 7) is 0.557. The molecular weight excluding hydrogens is 379 g/mol. The smallest absolute Gasteiger partial charge is 0.340 e. The van der Waals surface area contributed by atoms with Crippen molar-refractivity contribution in [2.75, 3.05) is 18.6 Å². The molecule has 4 rings (SSSR count). The molecule has 1 aromatic heterocycles. The summed E-state index contributed by atoms with van der Waals surface area (Å²) in [5.41, 5.74) is 1.44. The summed E-state index contributed by atoms with van der Waals surface area (Å²) in [5, 5.41) is 5.97. The summed E-state index contributed by atoms with van der Waals surface area (Å²) in [6.07, 6.45) is 4.07. The van der Waals surface area contributed by atoms with Gasteiger partial charge in [-0.15, -0.1) is 11.3 Å². The zero-order valence-corrected chi connectivity index (χ0v) is 16.5. The van der Waals surface area contributed by atoms with Gasteiger partial charge < -0.3 is 9.64 Å². The molecule has 148 valence electrons. The molecule has 2 atom stereocenters. The van der Waals surface area contributed by atoms with E-state index in [1.807, 2.05) is 0 Å². The second-order valence-electron chi connectivity index (χ2n) is 7.35. The molecule has 1 aliphatic heterocycles. The molecular formula is C21H23FN2O3S. The Morgan fingerprint density at radius 2 is 2.00 bits per heavy atom. The van der Waals surface area contributed by atoms with Crippen LogP contribution >= 0.6 is 11.3 Å². The molecule has 1 saturated heterocycles. The third-order valence-corrected chi connectivity index (χ3v) is 6.67. The van der Waals surface area contributed by atoms with Gasteiger partial charge in [-0.05, 0) is 54.3 Å². The number of carbonyl (C=O) groups excluding carboxylic acids is 2. The Kier molecular flexibility index (Phi) is 5.46. The molecule has 28 heavy (non-hydrogen) atoms. The lowest BCUT2D eigenvalue weighted by Crippen LogP contribution is -2.43. The van der Waals surface area contributed by atoms with Gasteiger partial charge in [0.25, 0.3) is 0 Å². The number of hydrogen-bond donors (Lipinski definition) is 1. The topological polar surface area (TPSA) is 58.6 Å². The van der Waals surface area contributed by atoms with E-state index in [4.69, 9.17) is 4.74 Å². The van der Waals surface area contributed by atoms with E-state index in [0.717, 1.165) is 18.4 Å². The average Bonchev–Trinajstić information content (AvgIpc) is 3.27. The van der Waals surface area contributed by atoms with Gasteiger partial charge in [0, 0.05) is 12.6 Å². The minimum atomic E-state index is -0.431. The molecule has 2 aromatic rings. The van der Waals surface area contributed by atoms with Crippen molar-refractivity contribution in [2.45, 2.75) is 37.8 Å². The highest BCUT2D eigenvalue weighted by Crippen LogP contribution is 2.39. The third-order valence-electron chi connectivity index (χ3n) is 5.73. The Balaban J connectivity index is 1.52. The van der Waals surface area contributed by atoms with E-state index in [1.165, 1.54) is 37.0 Å². The molecule has 1 aliphatic carbocycles. The Morgan fingerprint density at radius 3 is 2.64 bits per heavy atom. The minimum absolute atomic E-state index is 0.0287. The summed E-state index contributed by atoms with van der Waals surface area (Å²) in [5.74, 6) is -0.259. The summed E-state index contributed by atoms with van der Waals surface area (Å²) >= 11 is 1.37. The van der Waals surface area contributed by atoms with Crippen LogP contribution in [0.4, 0.5) is 9.39 Å². The Labute approximate surface area is 167 Å². The predicted molar refractivity (Wildman–Crippen MR) is 106 cm³/mol. The van der Waals surface area contributed by atoms with E-state index >= 15 is 0 Å². The lowest BCUT2D eigenvalue weighted by molar-refractivity contribution is -0.119. The van der Waals surface area contributed by atoms with Crippen molar-refractivity contribution in [2.24, 2.45) is 5.92 Å². The number of carbonyl (C=O) groups is 2. The van der Waals surface area contributed by atoms with Gasteiger partial charge in [0.2, 0.25) is 5.91 Å². The van der Waals surface area contributed by atoms with E-state index in [2.05, 4.69) is 5.32 Å². The maximum Gasteiger partial charge on any atom is 0.340 e. The summed E-state index contributed by atoms with van der Waals surface area (Å²) < 4.78 is 18.2. The zero-order valence-electron chi connectivity index (χ0n) is 15.7. The Hall–Kier alpha value is -2.25. The number of thiophene rings is 1. The molecule has 2 aliphatic rings. The van der Waals surface area contributed by atoms with Crippen molar-refractivity contribution in [1.29, 1.82) is 0 Å². The highest BCUT2D eigenvalue weighted by molar-refractivity contribution is 7.14. The molecule has 0 spiro atoms. The van der Waals surface area contributed by atoms with Crippen molar-refractivity contribution in [3.8, 4) is 0 Å². The normalized spacial score (nSPS) is 20.9. The first-order valence-electron chi connectivity index (χ1n) is 9.57. The predicted octanol–water partition coefficient (Wildman–Crippen LogP) is 3.91. The number of esters is 1. The van der Waals surface area contributed by atoms with Gasteiger partial charge in [0.1, 0.15) is 10.8 Å². The number of benzene rings is 1. The van der Waals surface area contributed by atoms with E-state index < -0.39 is 5.97 Å². The molecule has 1 amide bonds. The largest absolute Gasteiger partial charge is 0.465 e. The van der Waals surface area contributed by atoms with Crippen LogP contribution in [0.25, 0.3) is 0 Å². The van der Waals surface area contributed by atoms with E-state index in [9.17, 15) is 14.0 Å². The zero-order chi connectivity index (χ0) is 19.7. The van der Waals surface area contributed by atoms with Gasteiger partial charge in [-0.1, -0.05) is 18.6 Å². The maximum atomic E-state index is 13.3. The van der Waals surface area contributed by atoms with E-state index in [-0.39, 0.29) is 23.8 Å². The van der Waals surface area contributed by atoms with Gasteiger partial charge >= 0.3 is 5.97 Å². The first-order chi connectivity index (χ1) is 13.6. The minimum Gasteiger partial charge on any atom is -0.465 e. The van der Waals surface area contributed by atoms with Crippen LogP contribution in [-0.2, 0) is 9.53 Å². The summed E-state index contributed by atoms with van der Waals surface area (Å²) in [7, 11) is 1.34. The molecule has 0 bridgehead atoms. The SMILES string of the molecule is COC(=O)c1ccsc1N1CC[C@@H](N[C@H](c2ccc(F)cc2)C2CCC2)C1=O. The Bertz CT molecular complexity index is 863. The molecule has 2 heterocycles. The van der Waals surface area contributed by atoms with Crippen LogP contribution in [0, 0.1) is 11.7 Å². The van der Waals surface area contributed by atoms with Crippen molar-refractivity contribution in [3.63, 3.8) is 0 Å². The number of methoxy groups -OCH3 is 1. The second-order valence-corrected chi connectivity index (χ2v) is 8.24. The van der Waals surface area contributed by atoms with Crippen molar-refractivity contribution in [3.05, 3.63) is 52.7 Å². The Morgan fingerprint density at radius 1 is 1.25 bits per heavy atom. The number of amides is 1. The molecule has 1 saturated carbocycles. The highest BCUT2D eigenvalue weighted by Gasteiger charge is 2.38. The maximum absolute atomic E-state index is 13.3. The van der Waals surface area contributed by atoms with Crippen LogP contribution in [-0.4, -0.2) is 31.6 Å². The van der Waals surface area contributed by atoms with Crippen LogP contribution in [0.15, 0.2) is 35.7 Å². The fraction of sp³-hybridized carbons (Fsp3) is 0.429. The van der Waals surface area contributed by atoms with E-state index in [0.29, 0.717) is 29.4 Å². The molecule has 1 aromatic carbocycles. The number of nitrogens with zero attached hydrogens (tertiary/aromatic N) is 1. The third kappa shape index (κ3) is 3.56. The van der Waals surface area contributed by atoms with Crippen molar-refractivity contribution in [1.82, 2.24) is 5.32 Å². The second kappa shape index (κ2) is 8.01. The van der Waals surface area contributed by atoms with Gasteiger partial charge in [0.05, 0.1) is 18.7 Å². The van der Waals surface area contributed by atoms with Crippen LogP contribution < -0.4 is 10.2 Å². The standard InChI is InChI=1S/C21H23FN2O3S/c1-27-21(26)16-10-12-28-20(16)24-11-9-17(19(24)25)23-18(13-3-2-4-13)14-5-7-15(22)8-6-14/h5-8,10,12-13,17-18,23H,2-4,9,11H2,1H3/t17-,18+/m1/s1. The number of halogens is 1. The van der Waals surface area contributed by atoms with Crippen LogP contribution in [0.2, 0.25) is 0 Å². The number of anilines is 1. The lowest BCUT2D eigenvalue weighted by atomic mass is 9.77. The molecule has 1 N–H and O–H groups in total. The molecule has 5 nitrogen and oxygen atoms in total. The fourth-order valence-corrected chi connectivity index (χ4v) is 4.90. The van der Waals surface area contributed by atoms with Gasteiger partial charge in [-0.2, -0.15) is 0 Å². The molecule has 0 unspecified atom stereocenters. The lowest BCUT2D eigenvalue weighted by Gasteiger charge is -2.36. The number of hydrogen-bond acceptors (Lipinski definition) is 5. The number of nitrogens with one attached hydrogen (secondary N) is 1. The molecule has 7 heteroatoms. The summed E-state index contributed by atoms with van der Waals surface area (Å²) in [6, 6.07) is 7.96. The number of ether oxygens (including phenoxy) is 1. The molecule has 2 fully saturated rings. The quantitative estimate of drug-likeness (QED) is 0.745. The van der Waals surface area contributed by atoms with Crippen LogP contribution in [0.3, 0.4) is 0 Å².